The average Bonchev–Trinajstić information content (AvgIpc) is 2.73. The Labute approximate surface area is 141 Å². The van der Waals surface area contributed by atoms with Crippen molar-refractivity contribution >= 4 is 11.8 Å². The Kier molecular flexibility index (Phi) is 4.51. The maximum absolute atomic E-state index is 12.8. The molecule has 0 aromatic heterocycles. The summed E-state index contributed by atoms with van der Waals surface area (Å²) in [5.41, 5.74) is 7.43. The molecule has 1 aliphatic heterocycles. The Hall–Kier alpha value is -2.82. The molecule has 2 aromatic rings. The van der Waals surface area contributed by atoms with E-state index in [-0.39, 0.29) is 18.4 Å². The van der Waals surface area contributed by atoms with Crippen molar-refractivity contribution in [1.29, 1.82) is 0 Å². The van der Waals surface area contributed by atoms with Crippen LogP contribution in [-0.4, -0.2) is 29.4 Å². The van der Waals surface area contributed by atoms with Crippen LogP contribution in [0.15, 0.2) is 48.5 Å². The molecule has 0 saturated heterocycles. The van der Waals surface area contributed by atoms with Crippen LogP contribution in [0, 0.1) is 0 Å². The fourth-order valence-electron chi connectivity index (χ4n) is 2.96. The van der Waals surface area contributed by atoms with E-state index < -0.39 is 5.91 Å². The molecule has 0 saturated carbocycles. The van der Waals surface area contributed by atoms with Gasteiger partial charge < -0.3 is 15.4 Å². The van der Waals surface area contributed by atoms with Crippen LogP contribution in [0.2, 0.25) is 0 Å². The van der Waals surface area contributed by atoms with E-state index in [9.17, 15) is 9.59 Å². The van der Waals surface area contributed by atoms with Crippen LogP contribution >= 0.6 is 0 Å². The van der Waals surface area contributed by atoms with Gasteiger partial charge in [0.1, 0.15) is 11.9 Å². The molecule has 0 aliphatic carbocycles. The Morgan fingerprint density at radius 2 is 1.88 bits per heavy atom. The van der Waals surface area contributed by atoms with Gasteiger partial charge in [-0.2, -0.15) is 0 Å². The lowest BCUT2D eigenvalue weighted by atomic mass is 10.0. The number of para-hydroxylation sites is 1. The summed E-state index contributed by atoms with van der Waals surface area (Å²) in [7, 11) is 0. The SMILES string of the molecule is CC1CN(C(=O)Cc2ccccc2C(N)=O)Cc2ccccc2O1. The van der Waals surface area contributed by atoms with Crippen LogP contribution < -0.4 is 10.5 Å². The van der Waals surface area contributed by atoms with E-state index >= 15 is 0 Å². The summed E-state index contributed by atoms with van der Waals surface area (Å²) in [6.45, 7) is 2.95. The standard InChI is InChI=1S/C19H20N2O3/c1-13-11-21(12-15-7-3-5-9-17(15)24-13)18(22)10-14-6-2-4-8-16(14)19(20)23/h2-9,13H,10-12H2,1H3,(H2,20,23). The smallest absolute Gasteiger partial charge is 0.248 e. The molecule has 2 amide bonds. The third-order valence-electron chi connectivity index (χ3n) is 4.12. The molecule has 0 bridgehead atoms. The van der Waals surface area contributed by atoms with Crippen LogP contribution in [0.4, 0.5) is 0 Å². The zero-order chi connectivity index (χ0) is 17.1. The van der Waals surface area contributed by atoms with Crippen LogP contribution in [0.25, 0.3) is 0 Å². The molecule has 2 N–H and O–H groups in total. The number of fused-ring (bicyclic) bond motifs is 1. The van der Waals surface area contributed by atoms with Crippen molar-refractivity contribution in [3.8, 4) is 5.75 Å². The maximum Gasteiger partial charge on any atom is 0.248 e. The van der Waals surface area contributed by atoms with Gasteiger partial charge in [-0.1, -0.05) is 36.4 Å². The van der Waals surface area contributed by atoms with Crippen LogP contribution in [0.1, 0.15) is 28.4 Å². The highest BCUT2D eigenvalue weighted by molar-refractivity contribution is 5.95. The van der Waals surface area contributed by atoms with E-state index in [1.807, 2.05) is 31.2 Å². The molecule has 0 radical (unpaired) electrons. The van der Waals surface area contributed by atoms with Crippen molar-refractivity contribution in [3.63, 3.8) is 0 Å². The van der Waals surface area contributed by atoms with Gasteiger partial charge in [-0.25, -0.2) is 0 Å². The summed E-state index contributed by atoms with van der Waals surface area (Å²) in [6.07, 6.45) is 0.0533. The molecule has 1 aliphatic rings. The number of hydrogen-bond donors (Lipinski definition) is 1. The number of nitrogens with zero attached hydrogens (tertiary/aromatic N) is 1. The minimum absolute atomic E-state index is 0.0455. The highest BCUT2D eigenvalue weighted by Crippen LogP contribution is 2.25. The van der Waals surface area contributed by atoms with Gasteiger partial charge in [-0.3, -0.25) is 9.59 Å². The topological polar surface area (TPSA) is 72.6 Å². The highest BCUT2D eigenvalue weighted by Gasteiger charge is 2.24. The zero-order valence-corrected chi connectivity index (χ0v) is 13.6. The van der Waals surface area contributed by atoms with E-state index in [2.05, 4.69) is 0 Å². The molecule has 0 fully saturated rings. The molecule has 5 heteroatoms. The van der Waals surface area contributed by atoms with E-state index in [0.29, 0.717) is 24.2 Å². The lowest BCUT2D eigenvalue weighted by Gasteiger charge is -2.22. The number of carbonyl (C=O) groups is 2. The number of hydrogen-bond acceptors (Lipinski definition) is 3. The third-order valence-corrected chi connectivity index (χ3v) is 4.12. The number of carbonyl (C=O) groups excluding carboxylic acids is 2. The minimum atomic E-state index is -0.517. The van der Waals surface area contributed by atoms with E-state index in [4.69, 9.17) is 10.5 Å². The van der Waals surface area contributed by atoms with Gasteiger partial charge in [-0.05, 0) is 24.6 Å². The maximum atomic E-state index is 12.8. The summed E-state index contributed by atoms with van der Waals surface area (Å²) in [4.78, 5) is 26.1. The molecule has 3 rings (SSSR count). The third kappa shape index (κ3) is 3.40. The zero-order valence-electron chi connectivity index (χ0n) is 13.6. The number of rotatable bonds is 3. The first-order valence-electron chi connectivity index (χ1n) is 7.94. The highest BCUT2D eigenvalue weighted by atomic mass is 16.5. The number of nitrogens with two attached hydrogens (primary N) is 1. The van der Waals surface area contributed by atoms with Gasteiger partial charge in [-0.15, -0.1) is 0 Å². The number of amides is 2. The van der Waals surface area contributed by atoms with Crippen LogP contribution in [-0.2, 0) is 17.8 Å². The van der Waals surface area contributed by atoms with Crippen LogP contribution in [0.5, 0.6) is 5.75 Å². The summed E-state index contributed by atoms with van der Waals surface area (Å²) < 4.78 is 5.88. The molecule has 1 heterocycles. The van der Waals surface area contributed by atoms with Gasteiger partial charge >= 0.3 is 0 Å². The van der Waals surface area contributed by atoms with E-state index in [0.717, 1.165) is 11.3 Å². The Morgan fingerprint density at radius 1 is 1.17 bits per heavy atom. The predicted octanol–water partition coefficient (Wildman–Crippen LogP) is 2.14. The Bertz CT molecular complexity index is 773. The molecule has 24 heavy (non-hydrogen) atoms. The van der Waals surface area contributed by atoms with Gasteiger partial charge in [0.2, 0.25) is 11.8 Å². The number of ether oxygens (including phenoxy) is 1. The predicted molar refractivity (Wildman–Crippen MR) is 90.6 cm³/mol. The van der Waals surface area contributed by atoms with Gasteiger partial charge in [0.15, 0.2) is 0 Å². The van der Waals surface area contributed by atoms with Crippen LogP contribution in [0.3, 0.4) is 0 Å². The molecule has 1 atom stereocenters. The molecular formula is C19H20N2O3. The normalized spacial score (nSPS) is 16.7. The van der Waals surface area contributed by atoms with Crippen molar-refractivity contribution in [2.45, 2.75) is 26.0 Å². The summed E-state index contributed by atoms with van der Waals surface area (Å²) in [5.74, 6) is 0.255. The molecule has 1 unspecified atom stereocenters. The molecule has 5 nitrogen and oxygen atoms in total. The second-order valence-corrected chi connectivity index (χ2v) is 6.01. The summed E-state index contributed by atoms with van der Waals surface area (Å²) in [6, 6.07) is 14.7. The van der Waals surface area contributed by atoms with Crippen molar-refractivity contribution in [2.75, 3.05) is 6.54 Å². The second kappa shape index (κ2) is 6.74. The fourth-order valence-corrected chi connectivity index (χ4v) is 2.96. The summed E-state index contributed by atoms with van der Waals surface area (Å²) in [5, 5.41) is 0. The molecule has 2 aromatic carbocycles. The molecular weight excluding hydrogens is 304 g/mol. The van der Waals surface area contributed by atoms with Gasteiger partial charge in [0, 0.05) is 17.7 Å². The molecule has 124 valence electrons. The largest absolute Gasteiger partial charge is 0.489 e. The summed E-state index contributed by atoms with van der Waals surface area (Å²) >= 11 is 0. The lowest BCUT2D eigenvalue weighted by Crippen LogP contribution is -2.37. The van der Waals surface area contributed by atoms with Crippen molar-refractivity contribution < 1.29 is 14.3 Å². The average molecular weight is 324 g/mol. The Balaban J connectivity index is 1.82. The van der Waals surface area contributed by atoms with Crippen molar-refractivity contribution in [2.24, 2.45) is 5.73 Å². The van der Waals surface area contributed by atoms with Crippen molar-refractivity contribution in [3.05, 3.63) is 65.2 Å². The Morgan fingerprint density at radius 3 is 2.67 bits per heavy atom. The molecule has 0 spiro atoms. The van der Waals surface area contributed by atoms with Gasteiger partial charge in [0.05, 0.1) is 13.0 Å². The van der Waals surface area contributed by atoms with Gasteiger partial charge in [0.25, 0.3) is 0 Å². The van der Waals surface area contributed by atoms with Crippen molar-refractivity contribution in [1.82, 2.24) is 4.90 Å². The first-order chi connectivity index (χ1) is 11.5. The monoisotopic (exact) mass is 324 g/mol. The van der Waals surface area contributed by atoms with E-state index in [1.54, 1.807) is 29.2 Å². The quantitative estimate of drug-likeness (QED) is 0.940. The fraction of sp³-hybridized carbons (Fsp3) is 0.263. The minimum Gasteiger partial charge on any atom is -0.489 e. The second-order valence-electron chi connectivity index (χ2n) is 6.01. The first-order valence-corrected chi connectivity index (χ1v) is 7.94. The number of benzene rings is 2. The number of primary amides is 1. The lowest BCUT2D eigenvalue weighted by molar-refractivity contribution is -0.131. The first kappa shape index (κ1) is 16.1. The van der Waals surface area contributed by atoms with E-state index in [1.165, 1.54) is 0 Å².